The molecule has 0 saturated heterocycles. The van der Waals surface area contributed by atoms with Gasteiger partial charge >= 0.3 is 0 Å². The largest absolute Gasteiger partial charge is 0.297 e. The molecule has 0 saturated carbocycles. The lowest BCUT2D eigenvalue weighted by Crippen LogP contribution is -2.07. The molecule has 7 heteroatoms. The number of aromatic nitrogens is 2. The summed E-state index contributed by atoms with van der Waals surface area (Å²) in [5.41, 5.74) is 1.17. The molecule has 19 heavy (non-hydrogen) atoms. The van der Waals surface area contributed by atoms with Gasteiger partial charge < -0.3 is 0 Å². The predicted molar refractivity (Wildman–Crippen MR) is 83.0 cm³/mol. The molecule has 100 valence electrons. The molecular formula is C12H13N3OS3. The fourth-order valence-corrected chi connectivity index (χ4v) is 3.77. The first-order chi connectivity index (χ1) is 9.19. The highest BCUT2D eigenvalue weighted by Crippen LogP contribution is 2.25. The van der Waals surface area contributed by atoms with Crippen LogP contribution in [0.2, 0.25) is 0 Å². The highest BCUT2D eigenvalue weighted by atomic mass is 32.2. The van der Waals surface area contributed by atoms with E-state index in [1.807, 2.05) is 24.4 Å². The molecule has 0 aliphatic heterocycles. The van der Waals surface area contributed by atoms with E-state index in [0.29, 0.717) is 5.13 Å². The fourth-order valence-electron chi connectivity index (χ4n) is 1.30. The average molecular weight is 311 g/mol. The molecule has 0 spiro atoms. The molecule has 0 bridgehead atoms. The van der Waals surface area contributed by atoms with Gasteiger partial charge in [-0.1, -0.05) is 30.0 Å². The summed E-state index contributed by atoms with van der Waals surface area (Å²) in [6.07, 6.45) is 3.34. The molecule has 0 aliphatic rings. The maximum Gasteiger partial charge on any atom is 0.250 e. The molecule has 4 nitrogen and oxygen atoms in total. The van der Waals surface area contributed by atoms with Gasteiger partial charge in [0.1, 0.15) is 0 Å². The highest BCUT2D eigenvalue weighted by molar-refractivity contribution is 8.01. The first-order valence-electron chi connectivity index (χ1n) is 5.68. The van der Waals surface area contributed by atoms with Crippen molar-refractivity contribution in [3.05, 3.63) is 28.0 Å². The van der Waals surface area contributed by atoms with Crippen molar-refractivity contribution in [1.29, 1.82) is 0 Å². The number of aryl methyl sites for hydroxylation is 1. The monoisotopic (exact) mass is 311 g/mol. The maximum atomic E-state index is 11.7. The Morgan fingerprint density at radius 1 is 1.53 bits per heavy atom. The molecule has 2 aromatic rings. The third-order valence-electron chi connectivity index (χ3n) is 2.19. The van der Waals surface area contributed by atoms with E-state index in [1.54, 1.807) is 23.1 Å². The third kappa shape index (κ3) is 4.15. The van der Waals surface area contributed by atoms with Crippen molar-refractivity contribution >= 4 is 51.6 Å². The topological polar surface area (TPSA) is 54.9 Å². The summed E-state index contributed by atoms with van der Waals surface area (Å²) >= 11 is 4.62. The Balaban J connectivity index is 1.93. The molecule has 2 heterocycles. The van der Waals surface area contributed by atoms with Crippen molar-refractivity contribution in [3.63, 3.8) is 0 Å². The number of nitrogens with zero attached hydrogens (tertiary/aromatic N) is 2. The quantitative estimate of drug-likeness (QED) is 0.520. The van der Waals surface area contributed by atoms with Crippen molar-refractivity contribution < 1.29 is 4.79 Å². The molecule has 0 atom stereocenters. The Labute approximate surface area is 124 Å². The maximum absolute atomic E-state index is 11.7. The van der Waals surface area contributed by atoms with Crippen LogP contribution in [0.25, 0.3) is 6.08 Å². The van der Waals surface area contributed by atoms with E-state index in [9.17, 15) is 4.79 Å². The third-order valence-corrected chi connectivity index (χ3v) is 5.03. The highest BCUT2D eigenvalue weighted by Gasteiger charge is 2.06. The van der Waals surface area contributed by atoms with Crippen LogP contribution in [0.15, 0.2) is 21.9 Å². The molecule has 0 aliphatic carbocycles. The van der Waals surface area contributed by atoms with E-state index in [1.165, 1.54) is 23.0 Å². The van der Waals surface area contributed by atoms with Crippen LogP contribution in [0.5, 0.6) is 0 Å². The van der Waals surface area contributed by atoms with E-state index < -0.39 is 0 Å². The van der Waals surface area contributed by atoms with Gasteiger partial charge in [0.25, 0.3) is 0 Å². The van der Waals surface area contributed by atoms with Crippen LogP contribution < -0.4 is 5.32 Å². The van der Waals surface area contributed by atoms with Gasteiger partial charge in [-0.05, 0) is 35.8 Å². The number of thiophene rings is 1. The van der Waals surface area contributed by atoms with Gasteiger partial charge in [0.05, 0.1) is 0 Å². The van der Waals surface area contributed by atoms with Crippen molar-refractivity contribution in [1.82, 2.24) is 10.2 Å². The van der Waals surface area contributed by atoms with Gasteiger partial charge in [0.15, 0.2) is 4.34 Å². The van der Waals surface area contributed by atoms with Crippen LogP contribution >= 0.6 is 34.4 Å². The summed E-state index contributed by atoms with van der Waals surface area (Å²) in [6.45, 7) is 4.07. The van der Waals surface area contributed by atoms with Crippen LogP contribution in [0.1, 0.15) is 17.4 Å². The van der Waals surface area contributed by atoms with Crippen LogP contribution in [-0.4, -0.2) is 21.9 Å². The zero-order chi connectivity index (χ0) is 13.7. The van der Waals surface area contributed by atoms with Gasteiger partial charge in [-0.25, -0.2) is 0 Å². The van der Waals surface area contributed by atoms with E-state index in [4.69, 9.17) is 0 Å². The van der Waals surface area contributed by atoms with Crippen LogP contribution in [-0.2, 0) is 4.79 Å². The molecule has 0 aromatic carbocycles. The molecule has 2 aromatic heterocycles. The lowest BCUT2D eigenvalue weighted by atomic mass is 10.3. The van der Waals surface area contributed by atoms with Gasteiger partial charge in [-0.2, -0.15) is 0 Å². The summed E-state index contributed by atoms with van der Waals surface area (Å²) in [7, 11) is 0. The van der Waals surface area contributed by atoms with Crippen molar-refractivity contribution in [2.45, 2.75) is 18.2 Å². The van der Waals surface area contributed by atoms with E-state index in [-0.39, 0.29) is 5.91 Å². The second-order valence-electron chi connectivity index (χ2n) is 3.60. The number of nitrogens with one attached hydrogen (secondary N) is 1. The standard InChI is InChI=1S/C12H13N3OS3/c1-3-17-12-15-14-11(19-12)13-10(16)5-4-9-8(2)6-7-18-9/h4-7H,3H2,1-2H3,(H,13,14,16)/b5-4+. The number of anilines is 1. The number of thioether (sulfide) groups is 1. The van der Waals surface area contributed by atoms with E-state index in [2.05, 4.69) is 22.4 Å². The Hall–Kier alpha value is -1.18. The Bertz CT molecular complexity index is 589. The van der Waals surface area contributed by atoms with Gasteiger partial charge in [-0.3, -0.25) is 10.1 Å². The molecular weight excluding hydrogens is 298 g/mol. The molecule has 1 amide bonds. The van der Waals surface area contributed by atoms with E-state index in [0.717, 1.165) is 15.0 Å². The zero-order valence-electron chi connectivity index (χ0n) is 10.5. The number of hydrogen-bond acceptors (Lipinski definition) is 6. The minimum absolute atomic E-state index is 0.183. The van der Waals surface area contributed by atoms with Gasteiger partial charge in [-0.15, -0.1) is 21.5 Å². The normalized spacial score (nSPS) is 11.1. The predicted octanol–water partition coefficient (Wildman–Crippen LogP) is 3.67. The Kier molecular flexibility index (Phi) is 5.12. The Morgan fingerprint density at radius 2 is 2.37 bits per heavy atom. The van der Waals surface area contributed by atoms with Crippen LogP contribution in [0, 0.1) is 6.92 Å². The first kappa shape index (κ1) is 14.2. The number of carbonyl (C=O) groups is 1. The van der Waals surface area contributed by atoms with Crippen molar-refractivity contribution in [2.24, 2.45) is 0 Å². The summed E-state index contributed by atoms with van der Waals surface area (Å²) < 4.78 is 0.871. The number of carbonyl (C=O) groups excluding carboxylic acids is 1. The molecule has 0 fully saturated rings. The summed E-state index contributed by atoms with van der Waals surface area (Å²) in [6, 6.07) is 2.03. The minimum atomic E-state index is -0.183. The zero-order valence-corrected chi connectivity index (χ0v) is 13.0. The summed E-state index contributed by atoms with van der Waals surface area (Å²) in [5, 5.41) is 13.2. The van der Waals surface area contributed by atoms with Gasteiger partial charge in [0.2, 0.25) is 11.0 Å². The van der Waals surface area contributed by atoms with Crippen molar-refractivity contribution in [2.75, 3.05) is 11.1 Å². The number of rotatable bonds is 5. The molecule has 0 radical (unpaired) electrons. The van der Waals surface area contributed by atoms with Crippen LogP contribution in [0.4, 0.5) is 5.13 Å². The van der Waals surface area contributed by atoms with E-state index >= 15 is 0 Å². The summed E-state index contributed by atoms with van der Waals surface area (Å²) in [5.74, 6) is 0.761. The molecule has 0 unspecified atom stereocenters. The summed E-state index contributed by atoms with van der Waals surface area (Å²) in [4.78, 5) is 12.8. The average Bonchev–Trinajstić information content (AvgIpc) is 2.97. The smallest absolute Gasteiger partial charge is 0.250 e. The van der Waals surface area contributed by atoms with Gasteiger partial charge in [0, 0.05) is 11.0 Å². The lowest BCUT2D eigenvalue weighted by Gasteiger charge is -1.94. The Morgan fingerprint density at radius 3 is 3.05 bits per heavy atom. The number of hydrogen-bond donors (Lipinski definition) is 1. The first-order valence-corrected chi connectivity index (χ1v) is 8.36. The number of amides is 1. The molecule has 1 N–H and O–H groups in total. The van der Waals surface area contributed by atoms with Crippen LogP contribution in [0.3, 0.4) is 0 Å². The minimum Gasteiger partial charge on any atom is -0.297 e. The molecule has 2 rings (SSSR count). The lowest BCUT2D eigenvalue weighted by molar-refractivity contribution is -0.111. The second kappa shape index (κ2) is 6.83. The van der Waals surface area contributed by atoms with Crippen molar-refractivity contribution in [3.8, 4) is 0 Å². The second-order valence-corrected chi connectivity index (χ2v) is 7.03. The SMILES string of the molecule is CCSc1nnc(NC(=O)/C=C/c2sccc2C)s1. The fraction of sp³-hybridized carbons (Fsp3) is 0.250.